The molecule has 0 aromatic carbocycles. The second-order valence-electron chi connectivity index (χ2n) is 10.6. The van der Waals surface area contributed by atoms with E-state index >= 15 is 0 Å². The van der Waals surface area contributed by atoms with Gasteiger partial charge in [-0.3, -0.25) is 14.5 Å². The third-order valence-electron chi connectivity index (χ3n) is 6.68. The standard InChI is InChI=1S/C25H33N9O4S/c1-25(2,3)38-24(37)33-11-9-31(10-12-33)19(36)15-30-5-7-32(8-6-30)21-20-22(28-16-27-21)34(17-29-20)14-18(35)23-26-4-13-39-23/h4,13,16-17H,5-12,14-15H2,1-3H3. The zero-order valence-corrected chi connectivity index (χ0v) is 23.3. The van der Waals surface area contributed by atoms with Crippen LogP contribution in [0, 0.1) is 0 Å². The lowest BCUT2D eigenvalue weighted by molar-refractivity contribution is -0.134. The average molecular weight is 556 g/mol. The highest BCUT2D eigenvalue weighted by molar-refractivity contribution is 7.11. The van der Waals surface area contributed by atoms with Crippen LogP contribution in [0.4, 0.5) is 10.6 Å². The summed E-state index contributed by atoms with van der Waals surface area (Å²) in [7, 11) is 0. The van der Waals surface area contributed by atoms with Crippen molar-refractivity contribution in [2.75, 3.05) is 63.8 Å². The molecule has 0 radical (unpaired) electrons. The van der Waals surface area contributed by atoms with Crippen molar-refractivity contribution in [1.29, 1.82) is 0 Å². The molecule has 0 N–H and O–H groups in total. The molecule has 2 fully saturated rings. The number of ether oxygens (including phenoxy) is 1. The Morgan fingerprint density at radius 3 is 2.28 bits per heavy atom. The Morgan fingerprint density at radius 1 is 0.897 bits per heavy atom. The Balaban J connectivity index is 1.13. The summed E-state index contributed by atoms with van der Waals surface area (Å²) in [6.07, 6.45) is 4.40. The molecule has 5 heterocycles. The molecule has 3 aromatic rings. The quantitative estimate of drug-likeness (QED) is 0.411. The normalized spacial score (nSPS) is 17.1. The van der Waals surface area contributed by atoms with E-state index in [1.54, 1.807) is 27.4 Å². The van der Waals surface area contributed by atoms with Gasteiger partial charge in [-0.1, -0.05) is 0 Å². The predicted molar refractivity (Wildman–Crippen MR) is 145 cm³/mol. The number of amides is 2. The van der Waals surface area contributed by atoms with Gasteiger partial charge in [-0.25, -0.2) is 24.7 Å². The molecule has 0 saturated carbocycles. The number of fused-ring (bicyclic) bond motifs is 1. The minimum absolute atomic E-state index is 0.0698. The molecular weight excluding hydrogens is 522 g/mol. The third kappa shape index (κ3) is 6.33. The molecule has 39 heavy (non-hydrogen) atoms. The number of carbonyl (C=O) groups is 3. The molecule has 14 heteroatoms. The summed E-state index contributed by atoms with van der Waals surface area (Å²) in [4.78, 5) is 63.0. The van der Waals surface area contributed by atoms with E-state index in [1.807, 2.05) is 25.7 Å². The van der Waals surface area contributed by atoms with E-state index in [1.165, 1.54) is 17.7 Å². The highest BCUT2D eigenvalue weighted by Gasteiger charge is 2.29. The van der Waals surface area contributed by atoms with Gasteiger partial charge in [-0.15, -0.1) is 11.3 Å². The molecule has 13 nitrogen and oxygen atoms in total. The predicted octanol–water partition coefficient (Wildman–Crippen LogP) is 1.37. The number of hydrogen-bond acceptors (Lipinski definition) is 11. The van der Waals surface area contributed by atoms with Gasteiger partial charge in [0.1, 0.15) is 11.9 Å². The number of imidazole rings is 1. The molecule has 208 valence electrons. The van der Waals surface area contributed by atoms with Crippen LogP contribution < -0.4 is 4.90 Å². The molecule has 2 aliphatic heterocycles. The molecule has 5 rings (SSSR count). The summed E-state index contributed by atoms with van der Waals surface area (Å²) in [5, 5.41) is 2.24. The Kier molecular flexibility index (Phi) is 7.75. The molecule has 0 spiro atoms. The van der Waals surface area contributed by atoms with Crippen LogP contribution in [-0.4, -0.2) is 121 Å². The maximum atomic E-state index is 12.9. The third-order valence-corrected chi connectivity index (χ3v) is 7.50. The molecule has 2 amide bonds. The van der Waals surface area contributed by atoms with Gasteiger partial charge >= 0.3 is 6.09 Å². The summed E-state index contributed by atoms with van der Waals surface area (Å²) in [6.45, 7) is 10.7. The SMILES string of the molecule is CC(C)(C)OC(=O)N1CCN(C(=O)CN2CCN(c3ncnc4c3ncn4CC(=O)c3nccs3)CC2)CC1. The van der Waals surface area contributed by atoms with Crippen molar-refractivity contribution in [1.82, 2.24) is 39.2 Å². The lowest BCUT2D eigenvalue weighted by Crippen LogP contribution is -2.55. The maximum absolute atomic E-state index is 12.9. The molecule has 0 bridgehead atoms. The number of thiazole rings is 1. The highest BCUT2D eigenvalue weighted by atomic mass is 32.1. The first-order chi connectivity index (χ1) is 18.7. The number of nitrogens with zero attached hydrogens (tertiary/aromatic N) is 9. The van der Waals surface area contributed by atoms with E-state index < -0.39 is 5.60 Å². The summed E-state index contributed by atoms with van der Waals surface area (Å²) in [5.74, 6) is 0.707. The van der Waals surface area contributed by atoms with E-state index in [0.29, 0.717) is 75.1 Å². The van der Waals surface area contributed by atoms with E-state index in [4.69, 9.17) is 4.74 Å². The number of rotatable bonds is 6. The molecule has 0 aliphatic carbocycles. The topological polar surface area (TPSA) is 130 Å². The molecule has 2 saturated heterocycles. The minimum Gasteiger partial charge on any atom is -0.444 e. The number of ketones is 1. The Morgan fingerprint density at radius 2 is 1.62 bits per heavy atom. The zero-order valence-electron chi connectivity index (χ0n) is 22.4. The molecular formula is C25H33N9O4S. The van der Waals surface area contributed by atoms with Gasteiger partial charge in [0.15, 0.2) is 22.0 Å². The van der Waals surface area contributed by atoms with Crippen LogP contribution in [0.25, 0.3) is 11.2 Å². The number of carbonyl (C=O) groups excluding carboxylic acids is 3. The fourth-order valence-electron chi connectivity index (χ4n) is 4.67. The summed E-state index contributed by atoms with van der Waals surface area (Å²) in [5.41, 5.74) is 0.718. The van der Waals surface area contributed by atoms with Crippen molar-refractivity contribution in [3.05, 3.63) is 29.2 Å². The van der Waals surface area contributed by atoms with Gasteiger partial charge in [-0.05, 0) is 20.8 Å². The van der Waals surface area contributed by atoms with Crippen molar-refractivity contribution >= 4 is 46.1 Å². The number of aromatic nitrogens is 5. The lowest BCUT2D eigenvalue weighted by Gasteiger charge is -2.38. The average Bonchev–Trinajstić information content (AvgIpc) is 3.59. The first-order valence-electron chi connectivity index (χ1n) is 13.0. The van der Waals surface area contributed by atoms with Crippen LogP contribution in [0.5, 0.6) is 0 Å². The molecule has 2 aliphatic rings. The van der Waals surface area contributed by atoms with Crippen LogP contribution in [0.2, 0.25) is 0 Å². The first-order valence-corrected chi connectivity index (χ1v) is 13.9. The van der Waals surface area contributed by atoms with E-state index in [2.05, 4.69) is 29.7 Å². The van der Waals surface area contributed by atoms with Crippen molar-refractivity contribution in [3.8, 4) is 0 Å². The maximum Gasteiger partial charge on any atom is 0.410 e. The van der Waals surface area contributed by atoms with Crippen LogP contribution in [0.3, 0.4) is 0 Å². The van der Waals surface area contributed by atoms with Gasteiger partial charge in [0.2, 0.25) is 11.7 Å². The van der Waals surface area contributed by atoms with Crippen molar-refractivity contribution in [2.45, 2.75) is 32.9 Å². The second kappa shape index (κ2) is 11.2. The van der Waals surface area contributed by atoms with Gasteiger partial charge in [0, 0.05) is 63.9 Å². The van der Waals surface area contributed by atoms with Crippen LogP contribution in [-0.2, 0) is 16.1 Å². The smallest absolute Gasteiger partial charge is 0.410 e. The summed E-state index contributed by atoms with van der Waals surface area (Å²) < 4.78 is 7.16. The Hall–Kier alpha value is -3.65. The van der Waals surface area contributed by atoms with Gasteiger partial charge in [0.25, 0.3) is 0 Å². The van der Waals surface area contributed by atoms with Crippen molar-refractivity contribution in [2.24, 2.45) is 0 Å². The summed E-state index contributed by atoms with van der Waals surface area (Å²) >= 11 is 1.31. The Labute approximate surface area is 230 Å². The number of anilines is 1. The first kappa shape index (κ1) is 26.9. The van der Waals surface area contributed by atoms with Crippen molar-refractivity contribution < 1.29 is 19.1 Å². The number of hydrogen-bond donors (Lipinski definition) is 0. The number of Topliss-reactive ketones (excluding diaryl/α,β-unsaturated/α-hetero) is 1. The lowest BCUT2D eigenvalue weighted by atomic mass is 10.2. The van der Waals surface area contributed by atoms with E-state index in [-0.39, 0.29) is 24.3 Å². The fraction of sp³-hybridized carbons (Fsp3) is 0.560. The monoisotopic (exact) mass is 555 g/mol. The largest absolute Gasteiger partial charge is 0.444 e. The fourth-order valence-corrected chi connectivity index (χ4v) is 5.24. The van der Waals surface area contributed by atoms with E-state index in [9.17, 15) is 14.4 Å². The van der Waals surface area contributed by atoms with E-state index in [0.717, 1.165) is 5.82 Å². The van der Waals surface area contributed by atoms with Crippen molar-refractivity contribution in [3.63, 3.8) is 0 Å². The Bertz CT molecular complexity index is 1320. The second-order valence-corrected chi connectivity index (χ2v) is 11.5. The van der Waals surface area contributed by atoms with Gasteiger partial charge < -0.3 is 24.0 Å². The van der Waals surface area contributed by atoms with Gasteiger partial charge in [-0.2, -0.15) is 0 Å². The van der Waals surface area contributed by atoms with Crippen LogP contribution >= 0.6 is 11.3 Å². The molecule has 0 unspecified atom stereocenters. The number of piperazine rings is 2. The van der Waals surface area contributed by atoms with Crippen LogP contribution in [0.1, 0.15) is 30.6 Å². The zero-order chi connectivity index (χ0) is 27.6. The highest BCUT2D eigenvalue weighted by Crippen LogP contribution is 2.23. The molecule has 0 atom stereocenters. The minimum atomic E-state index is -0.537. The molecule has 3 aromatic heterocycles. The summed E-state index contributed by atoms with van der Waals surface area (Å²) in [6, 6.07) is 0. The van der Waals surface area contributed by atoms with Crippen LogP contribution in [0.15, 0.2) is 24.2 Å². The van der Waals surface area contributed by atoms with Gasteiger partial charge in [0.05, 0.1) is 19.4 Å².